The monoisotopic (exact) mass is 191 g/mol. The number of amides is 1. The third-order valence-electron chi connectivity index (χ3n) is 2.16. The number of hydrogen-bond donors (Lipinski definition) is 0. The molecule has 0 aliphatic rings. The number of aryl methyl sites for hydroxylation is 2. The Morgan fingerprint density at radius 3 is 2.57 bits per heavy atom. The second kappa shape index (κ2) is 4.05. The molecule has 0 bridgehead atoms. The van der Waals surface area contributed by atoms with Crippen molar-refractivity contribution in [2.24, 2.45) is 0 Å². The minimum absolute atomic E-state index is 0.321. The van der Waals surface area contributed by atoms with Crippen LogP contribution < -0.4 is 4.90 Å². The van der Waals surface area contributed by atoms with E-state index in [-0.39, 0.29) is 0 Å². The van der Waals surface area contributed by atoms with Crippen molar-refractivity contribution in [3.05, 3.63) is 29.3 Å². The Hall–Kier alpha value is -1.64. The highest BCUT2D eigenvalue weighted by molar-refractivity contribution is 6.30. The van der Waals surface area contributed by atoms with Crippen LogP contribution in [0.25, 0.3) is 0 Å². The summed E-state index contributed by atoms with van der Waals surface area (Å²) in [5.74, 6) is -0.529. The molecule has 3 nitrogen and oxygen atoms in total. The molecule has 1 amide bonds. The molecule has 0 aliphatic carbocycles. The Labute approximate surface area is 83.3 Å². The number of aldehydes is 1. The number of hydrogen-bond acceptors (Lipinski definition) is 2. The molecule has 0 saturated carbocycles. The van der Waals surface area contributed by atoms with Gasteiger partial charge in [0.25, 0.3) is 5.91 Å². The summed E-state index contributed by atoms with van der Waals surface area (Å²) < 4.78 is 0. The van der Waals surface area contributed by atoms with Crippen LogP contribution in [0.2, 0.25) is 0 Å². The van der Waals surface area contributed by atoms with Crippen molar-refractivity contribution >= 4 is 17.9 Å². The number of carbonyl (C=O) groups is 2. The first-order valence-corrected chi connectivity index (χ1v) is 4.36. The summed E-state index contributed by atoms with van der Waals surface area (Å²) in [6.45, 7) is 3.85. The average Bonchev–Trinajstić information content (AvgIpc) is 2.19. The van der Waals surface area contributed by atoms with Gasteiger partial charge in [0, 0.05) is 12.7 Å². The summed E-state index contributed by atoms with van der Waals surface area (Å²) in [5, 5.41) is 0. The molecule has 0 aromatic heterocycles. The Kier molecular flexibility index (Phi) is 3.02. The lowest BCUT2D eigenvalue weighted by atomic mass is 10.1. The lowest BCUT2D eigenvalue weighted by Gasteiger charge is -2.17. The van der Waals surface area contributed by atoms with E-state index >= 15 is 0 Å². The zero-order chi connectivity index (χ0) is 10.7. The Morgan fingerprint density at radius 1 is 1.36 bits per heavy atom. The van der Waals surface area contributed by atoms with Crippen molar-refractivity contribution in [3.63, 3.8) is 0 Å². The maximum atomic E-state index is 11.1. The number of likely N-dealkylation sites (N-methyl/N-ethyl adjacent to an activating group) is 1. The number of nitrogens with zero attached hydrogens (tertiary/aromatic N) is 1. The van der Waals surface area contributed by atoms with Gasteiger partial charge in [0.2, 0.25) is 6.29 Å². The topological polar surface area (TPSA) is 37.4 Å². The van der Waals surface area contributed by atoms with Crippen LogP contribution in [-0.2, 0) is 9.59 Å². The predicted molar refractivity (Wildman–Crippen MR) is 55.4 cm³/mol. The second-order valence-electron chi connectivity index (χ2n) is 3.31. The molecule has 3 heteroatoms. The van der Waals surface area contributed by atoms with E-state index in [0.717, 1.165) is 16.8 Å². The van der Waals surface area contributed by atoms with E-state index in [1.807, 2.05) is 32.0 Å². The minimum Gasteiger partial charge on any atom is -0.309 e. The third-order valence-corrected chi connectivity index (χ3v) is 2.16. The van der Waals surface area contributed by atoms with Crippen LogP contribution >= 0.6 is 0 Å². The molecular weight excluding hydrogens is 178 g/mol. The quantitative estimate of drug-likeness (QED) is 0.524. The molecule has 1 aromatic carbocycles. The third kappa shape index (κ3) is 1.99. The van der Waals surface area contributed by atoms with E-state index in [1.54, 1.807) is 7.05 Å². The first-order chi connectivity index (χ1) is 6.56. The van der Waals surface area contributed by atoms with Crippen molar-refractivity contribution in [3.8, 4) is 0 Å². The fourth-order valence-corrected chi connectivity index (χ4v) is 1.28. The number of anilines is 1. The predicted octanol–water partition coefficient (Wildman–Crippen LogP) is 1.47. The Morgan fingerprint density at radius 2 is 2.00 bits per heavy atom. The lowest BCUT2D eigenvalue weighted by molar-refractivity contribution is -0.129. The largest absolute Gasteiger partial charge is 0.309 e. The first kappa shape index (κ1) is 10.4. The van der Waals surface area contributed by atoms with Crippen molar-refractivity contribution < 1.29 is 9.59 Å². The normalized spacial score (nSPS) is 9.64. The van der Waals surface area contributed by atoms with Crippen molar-refractivity contribution in [1.82, 2.24) is 0 Å². The van der Waals surface area contributed by atoms with Gasteiger partial charge in [-0.25, -0.2) is 0 Å². The summed E-state index contributed by atoms with van der Waals surface area (Å²) in [5.41, 5.74) is 2.83. The van der Waals surface area contributed by atoms with E-state index in [2.05, 4.69) is 0 Å². The van der Waals surface area contributed by atoms with Crippen LogP contribution in [0.15, 0.2) is 18.2 Å². The average molecular weight is 191 g/mol. The second-order valence-corrected chi connectivity index (χ2v) is 3.31. The van der Waals surface area contributed by atoms with E-state index in [4.69, 9.17) is 0 Å². The molecule has 0 atom stereocenters. The lowest BCUT2D eigenvalue weighted by Crippen LogP contribution is -2.27. The van der Waals surface area contributed by atoms with Crippen LogP contribution in [-0.4, -0.2) is 19.2 Å². The van der Waals surface area contributed by atoms with Crippen LogP contribution in [0.1, 0.15) is 11.1 Å². The molecule has 74 valence electrons. The minimum atomic E-state index is -0.529. The van der Waals surface area contributed by atoms with Crippen LogP contribution in [0.3, 0.4) is 0 Å². The van der Waals surface area contributed by atoms with Crippen molar-refractivity contribution in [2.45, 2.75) is 13.8 Å². The van der Waals surface area contributed by atoms with E-state index in [1.165, 1.54) is 4.90 Å². The maximum absolute atomic E-state index is 11.1. The number of carbonyl (C=O) groups excluding carboxylic acids is 2. The SMILES string of the molecule is Cc1ccc(C)c(N(C)C(=O)C=O)c1. The molecule has 0 fully saturated rings. The maximum Gasteiger partial charge on any atom is 0.290 e. The van der Waals surface area contributed by atoms with E-state index in [9.17, 15) is 9.59 Å². The highest BCUT2D eigenvalue weighted by atomic mass is 16.2. The summed E-state index contributed by atoms with van der Waals surface area (Å²) in [6, 6.07) is 5.79. The van der Waals surface area contributed by atoms with E-state index < -0.39 is 5.91 Å². The molecule has 0 N–H and O–H groups in total. The van der Waals surface area contributed by atoms with Crippen LogP contribution in [0.4, 0.5) is 5.69 Å². The van der Waals surface area contributed by atoms with Gasteiger partial charge in [-0.05, 0) is 31.0 Å². The molecule has 0 radical (unpaired) electrons. The molecule has 1 aromatic rings. The Balaban J connectivity index is 3.11. The standard InChI is InChI=1S/C11H13NO2/c1-8-4-5-9(2)10(6-8)12(3)11(14)7-13/h4-7H,1-3H3. The molecule has 0 spiro atoms. The summed E-state index contributed by atoms with van der Waals surface area (Å²) in [4.78, 5) is 22.8. The van der Waals surface area contributed by atoms with Gasteiger partial charge in [-0.15, -0.1) is 0 Å². The number of benzene rings is 1. The molecule has 0 heterocycles. The number of rotatable bonds is 2. The van der Waals surface area contributed by atoms with Crippen molar-refractivity contribution in [2.75, 3.05) is 11.9 Å². The zero-order valence-electron chi connectivity index (χ0n) is 8.57. The molecule has 1 rings (SSSR count). The van der Waals surface area contributed by atoms with Gasteiger partial charge in [0.15, 0.2) is 0 Å². The zero-order valence-corrected chi connectivity index (χ0v) is 8.57. The van der Waals surface area contributed by atoms with Crippen LogP contribution in [0.5, 0.6) is 0 Å². The molecular formula is C11H13NO2. The van der Waals surface area contributed by atoms with Gasteiger partial charge in [-0.3, -0.25) is 9.59 Å². The highest BCUT2D eigenvalue weighted by Gasteiger charge is 2.11. The van der Waals surface area contributed by atoms with Gasteiger partial charge in [0.05, 0.1) is 0 Å². The summed E-state index contributed by atoms with van der Waals surface area (Å²) in [7, 11) is 1.60. The van der Waals surface area contributed by atoms with Gasteiger partial charge in [0.1, 0.15) is 0 Å². The molecule has 0 saturated heterocycles. The molecule has 0 aliphatic heterocycles. The van der Waals surface area contributed by atoms with Gasteiger partial charge in [-0.1, -0.05) is 12.1 Å². The molecule has 14 heavy (non-hydrogen) atoms. The fraction of sp³-hybridized carbons (Fsp3) is 0.273. The first-order valence-electron chi connectivity index (χ1n) is 4.36. The molecule has 0 unspecified atom stereocenters. The smallest absolute Gasteiger partial charge is 0.290 e. The van der Waals surface area contributed by atoms with E-state index in [0.29, 0.717) is 6.29 Å². The Bertz CT molecular complexity index is 372. The van der Waals surface area contributed by atoms with Gasteiger partial charge < -0.3 is 4.90 Å². The van der Waals surface area contributed by atoms with Crippen LogP contribution in [0, 0.1) is 13.8 Å². The van der Waals surface area contributed by atoms with Gasteiger partial charge >= 0.3 is 0 Å². The summed E-state index contributed by atoms with van der Waals surface area (Å²) >= 11 is 0. The highest BCUT2D eigenvalue weighted by Crippen LogP contribution is 2.19. The van der Waals surface area contributed by atoms with Gasteiger partial charge in [-0.2, -0.15) is 0 Å². The summed E-state index contributed by atoms with van der Waals surface area (Å²) in [6.07, 6.45) is 0.321. The fourth-order valence-electron chi connectivity index (χ4n) is 1.28. The van der Waals surface area contributed by atoms with Crippen molar-refractivity contribution in [1.29, 1.82) is 0 Å².